The number of nitrogens with one attached hydrogen (secondary N) is 1. The predicted molar refractivity (Wildman–Crippen MR) is 190 cm³/mol. The van der Waals surface area contributed by atoms with Gasteiger partial charge < -0.3 is 24.3 Å². The van der Waals surface area contributed by atoms with E-state index in [4.69, 9.17) is 24.0 Å². The minimum Gasteiger partial charge on any atom is -0.487 e. The molecule has 3 aromatic heterocycles. The van der Waals surface area contributed by atoms with E-state index >= 15 is 0 Å². The fourth-order valence-electron chi connectivity index (χ4n) is 7.47. The van der Waals surface area contributed by atoms with Crippen molar-refractivity contribution in [3.63, 3.8) is 0 Å². The Hall–Kier alpha value is -4.58. The molecule has 1 saturated carbocycles. The standard InChI is InChI=1S/C37H48N10O4/c1-25-18-45(19-26(2)50-25)32-6-8-33(9-7-32)47-21-34(36(44-47)49-22-28-10-12-48-13-11-28)43-37-40-16-31(17-41-37)29-4-5-30(15-38)35(14-29)51-27(3)20-46-24-39-23-42-46/h4-5,14,16-17,21,23-28,32-33H,6-13,18-20,22H2,1-3H3,(H,40,41,43)/t25-,26+,27-,32-,33-/m0/s1. The molecule has 3 atom stereocenters. The minimum atomic E-state index is -0.229. The van der Waals surface area contributed by atoms with Crippen LogP contribution in [0.5, 0.6) is 11.6 Å². The molecular formula is C37H48N10O4. The van der Waals surface area contributed by atoms with E-state index in [0.717, 1.165) is 81.6 Å². The molecule has 14 nitrogen and oxygen atoms in total. The smallest absolute Gasteiger partial charge is 0.256 e. The lowest BCUT2D eigenvalue weighted by molar-refractivity contribution is -0.0852. The third kappa shape index (κ3) is 8.84. The number of hydrogen-bond acceptors (Lipinski definition) is 12. The lowest BCUT2D eigenvalue weighted by Crippen LogP contribution is -2.51. The maximum Gasteiger partial charge on any atom is 0.256 e. The second-order valence-electron chi connectivity index (χ2n) is 14.2. The first kappa shape index (κ1) is 34.9. The highest BCUT2D eigenvalue weighted by Gasteiger charge is 2.32. The highest BCUT2D eigenvalue weighted by atomic mass is 16.5. The Morgan fingerprint density at radius 1 is 1.00 bits per heavy atom. The van der Waals surface area contributed by atoms with Gasteiger partial charge in [0.25, 0.3) is 5.88 Å². The molecule has 0 bridgehead atoms. The van der Waals surface area contributed by atoms with Crippen molar-refractivity contribution >= 4 is 11.6 Å². The first-order valence-corrected chi connectivity index (χ1v) is 18.2. The van der Waals surface area contributed by atoms with Crippen LogP contribution in [0.4, 0.5) is 11.6 Å². The van der Waals surface area contributed by atoms with E-state index in [-0.39, 0.29) is 18.3 Å². The van der Waals surface area contributed by atoms with E-state index in [1.165, 1.54) is 6.33 Å². The first-order valence-electron chi connectivity index (χ1n) is 18.2. The van der Waals surface area contributed by atoms with Gasteiger partial charge in [-0.25, -0.2) is 19.6 Å². The summed E-state index contributed by atoms with van der Waals surface area (Å²) >= 11 is 0. The molecule has 51 heavy (non-hydrogen) atoms. The predicted octanol–water partition coefficient (Wildman–Crippen LogP) is 5.41. The average Bonchev–Trinajstić information content (AvgIpc) is 3.81. The van der Waals surface area contributed by atoms with Crippen LogP contribution in [0.2, 0.25) is 0 Å². The molecular weight excluding hydrogens is 648 g/mol. The van der Waals surface area contributed by atoms with Gasteiger partial charge in [-0.15, -0.1) is 5.10 Å². The van der Waals surface area contributed by atoms with E-state index < -0.39 is 0 Å². The number of anilines is 2. The lowest BCUT2D eigenvalue weighted by Gasteiger charge is -2.42. The lowest BCUT2D eigenvalue weighted by atomic mass is 9.89. The van der Waals surface area contributed by atoms with Gasteiger partial charge in [0, 0.05) is 50.3 Å². The van der Waals surface area contributed by atoms with Crippen molar-refractivity contribution in [2.45, 2.75) is 96.2 Å². The number of nitrogens with zero attached hydrogens (tertiary/aromatic N) is 9. The number of morpholine rings is 1. The van der Waals surface area contributed by atoms with Gasteiger partial charge in [0.05, 0.1) is 43.2 Å². The van der Waals surface area contributed by atoms with E-state index in [2.05, 4.69) is 54.9 Å². The Morgan fingerprint density at radius 3 is 2.45 bits per heavy atom. The molecule has 7 rings (SSSR count). The SMILES string of the molecule is C[C@@H]1CN([C@H]2CC[C@H](n3cc(Nc4ncc(-c5ccc(C#N)c(O[C@@H](C)Cn6cncn6)c5)cn4)c(OCC4CCOCC4)n3)CC2)C[C@H](C)O1. The van der Waals surface area contributed by atoms with Gasteiger partial charge in [0.2, 0.25) is 5.95 Å². The van der Waals surface area contributed by atoms with Crippen LogP contribution in [0.3, 0.4) is 0 Å². The van der Waals surface area contributed by atoms with Crippen molar-refractivity contribution in [3.8, 4) is 28.8 Å². The van der Waals surface area contributed by atoms with Gasteiger partial charge in [0.1, 0.15) is 36.3 Å². The van der Waals surface area contributed by atoms with Crippen LogP contribution in [0, 0.1) is 17.2 Å². The third-order valence-corrected chi connectivity index (χ3v) is 10.1. The largest absolute Gasteiger partial charge is 0.487 e. The first-order chi connectivity index (χ1) is 24.9. The highest BCUT2D eigenvalue weighted by molar-refractivity contribution is 5.67. The molecule has 0 radical (unpaired) electrons. The molecule has 5 heterocycles. The van der Waals surface area contributed by atoms with Crippen LogP contribution in [0.15, 0.2) is 49.4 Å². The van der Waals surface area contributed by atoms with Gasteiger partial charge in [0.15, 0.2) is 0 Å². The maximum absolute atomic E-state index is 9.71. The number of aromatic nitrogens is 7. The molecule has 2 saturated heterocycles. The summed E-state index contributed by atoms with van der Waals surface area (Å²) in [7, 11) is 0. The summed E-state index contributed by atoms with van der Waals surface area (Å²) in [6.07, 6.45) is 15.4. The summed E-state index contributed by atoms with van der Waals surface area (Å²) in [5.41, 5.74) is 2.84. The summed E-state index contributed by atoms with van der Waals surface area (Å²) in [6.45, 7) is 10.9. The van der Waals surface area contributed by atoms with Crippen LogP contribution in [0.1, 0.15) is 70.9 Å². The molecule has 270 valence electrons. The van der Waals surface area contributed by atoms with E-state index in [9.17, 15) is 5.26 Å². The Balaban J connectivity index is 1.04. The Morgan fingerprint density at radius 2 is 1.75 bits per heavy atom. The number of rotatable bonds is 12. The number of hydrogen-bond donors (Lipinski definition) is 1. The van der Waals surface area contributed by atoms with Crippen molar-refractivity contribution in [1.82, 2.24) is 39.4 Å². The monoisotopic (exact) mass is 696 g/mol. The molecule has 0 amide bonds. The zero-order chi connectivity index (χ0) is 35.2. The van der Waals surface area contributed by atoms with Crippen molar-refractivity contribution in [3.05, 3.63) is 55.0 Å². The second-order valence-corrected chi connectivity index (χ2v) is 14.2. The summed E-state index contributed by atoms with van der Waals surface area (Å²) in [6, 6.07) is 8.59. The maximum atomic E-state index is 9.71. The molecule has 0 unspecified atom stereocenters. The highest BCUT2D eigenvalue weighted by Crippen LogP contribution is 2.36. The van der Waals surface area contributed by atoms with E-state index in [1.54, 1.807) is 29.5 Å². The van der Waals surface area contributed by atoms with Crippen LogP contribution < -0.4 is 14.8 Å². The molecule has 14 heteroatoms. The number of ether oxygens (including phenoxy) is 4. The molecule has 1 N–H and O–H groups in total. The van der Waals surface area contributed by atoms with E-state index in [0.29, 0.717) is 54.3 Å². The van der Waals surface area contributed by atoms with Crippen LogP contribution in [-0.4, -0.2) is 96.7 Å². The van der Waals surface area contributed by atoms with Crippen molar-refractivity contribution in [2.75, 3.05) is 38.2 Å². The molecule has 3 aliphatic rings. The molecule has 3 fully saturated rings. The van der Waals surface area contributed by atoms with Crippen LogP contribution in [-0.2, 0) is 16.0 Å². The van der Waals surface area contributed by atoms with Gasteiger partial charge in [-0.2, -0.15) is 10.4 Å². The minimum absolute atomic E-state index is 0.229. The Labute approximate surface area is 299 Å². The quantitative estimate of drug-likeness (QED) is 0.202. The van der Waals surface area contributed by atoms with E-state index in [1.807, 2.05) is 25.3 Å². The van der Waals surface area contributed by atoms with Crippen molar-refractivity contribution in [2.24, 2.45) is 5.92 Å². The van der Waals surface area contributed by atoms with Crippen molar-refractivity contribution < 1.29 is 18.9 Å². The van der Waals surface area contributed by atoms with Gasteiger partial charge in [-0.1, -0.05) is 6.07 Å². The van der Waals surface area contributed by atoms with Gasteiger partial charge in [-0.3, -0.25) is 9.58 Å². The molecule has 4 aromatic rings. The zero-order valence-electron chi connectivity index (χ0n) is 29.7. The van der Waals surface area contributed by atoms with Gasteiger partial charge >= 0.3 is 0 Å². The Kier molecular flexibility index (Phi) is 11.1. The summed E-state index contributed by atoms with van der Waals surface area (Å²) in [5.74, 6) is 1.94. The number of benzene rings is 1. The van der Waals surface area contributed by atoms with Crippen molar-refractivity contribution in [1.29, 1.82) is 5.26 Å². The summed E-state index contributed by atoms with van der Waals surface area (Å²) in [4.78, 5) is 15.9. The normalized spacial score (nSPS) is 23.7. The molecule has 0 spiro atoms. The topological polar surface area (TPSA) is 150 Å². The van der Waals surface area contributed by atoms with Crippen LogP contribution >= 0.6 is 0 Å². The zero-order valence-corrected chi connectivity index (χ0v) is 29.7. The van der Waals surface area contributed by atoms with Crippen LogP contribution in [0.25, 0.3) is 11.1 Å². The Bertz CT molecular complexity index is 1730. The second kappa shape index (κ2) is 16.2. The molecule has 2 aliphatic heterocycles. The summed E-state index contributed by atoms with van der Waals surface area (Å²) in [5, 5.41) is 22.2. The summed E-state index contributed by atoms with van der Waals surface area (Å²) < 4.78 is 27.8. The molecule has 1 aliphatic carbocycles. The average molecular weight is 697 g/mol. The fraction of sp³-hybridized carbons (Fsp3) is 0.568. The fourth-order valence-corrected chi connectivity index (χ4v) is 7.47. The molecule has 1 aromatic carbocycles. The number of nitriles is 1. The third-order valence-electron chi connectivity index (χ3n) is 10.1. The van der Waals surface area contributed by atoms with Gasteiger partial charge in [-0.05, 0) is 82.9 Å².